The third-order valence-electron chi connectivity index (χ3n) is 8.44. The molecule has 0 amide bonds. The Hall–Kier alpha value is -1.89. The molecule has 32 heavy (non-hydrogen) atoms. The van der Waals surface area contributed by atoms with Crippen LogP contribution in [0.3, 0.4) is 0 Å². The number of aliphatic imine (C=N–C) groups is 1. The van der Waals surface area contributed by atoms with Crippen molar-refractivity contribution in [3.63, 3.8) is 0 Å². The van der Waals surface area contributed by atoms with E-state index >= 15 is 0 Å². The third-order valence-corrected chi connectivity index (χ3v) is 8.44. The van der Waals surface area contributed by atoms with E-state index in [-0.39, 0.29) is 10.8 Å². The number of nitrogens with zero attached hydrogens (tertiary/aromatic N) is 1. The summed E-state index contributed by atoms with van der Waals surface area (Å²) in [5.41, 5.74) is 10.1. The van der Waals surface area contributed by atoms with E-state index in [1.54, 1.807) is 5.56 Å². The zero-order chi connectivity index (χ0) is 23.1. The van der Waals surface area contributed by atoms with Crippen LogP contribution in [0.1, 0.15) is 81.1 Å². The SMILES string of the molecule is C=C(N=C(C)B1CCC(C)(c2cccbc2C(C)C)CC1)C1(C)Cc2ccc(C)cc2C1. The summed E-state index contributed by atoms with van der Waals surface area (Å²) >= 11 is 0. The molecule has 0 radical (unpaired) electrons. The number of benzene rings is 1. The Morgan fingerprint density at radius 3 is 2.47 bits per heavy atom. The predicted octanol–water partition coefficient (Wildman–Crippen LogP) is 7.32. The van der Waals surface area contributed by atoms with Gasteiger partial charge in [-0.1, -0.05) is 23.8 Å². The molecular weight excluding hydrogens is 384 g/mol. The molecule has 2 aliphatic rings. The molecule has 0 bridgehead atoms. The molecule has 1 unspecified atom stereocenters. The zero-order valence-corrected chi connectivity index (χ0v) is 21.1. The molecule has 2 aromatic rings. The van der Waals surface area contributed by atoms with Crippen molar-refractivity contribution >= 4 is 19.2 Å². The van der Waals surface area contributed by atoms with Crippen molar-refractivity contribution in [1.82, 2.24) is 0 Å². The number of hydrogen-bond acceptors (Lipinski definition) is 1. The van der Waals surface area contributed by atoms with E-state index in [9.17, 15) is 0 Å². The van der Waals surface area contributed by atoms with Crippen molar-refractivity contribution in [1.29, 1.82) is 0 Å². The number of fused-ring (bicyclic) bond motifs is 1. The van der Waals surface area contributed by atoms with Gasteiger partial charge in [0.25, 0.3) is 0 Å². The maximum absolute atomic E-state index is 5.15. The van der Waals surface area contributed by atoms with E-state index in [1.165, 1.54) is 53.2 Å². The van der Waals surface area contributed by atoms with E-state index < -0.39 is 0 Å². The quantitative estimate of drug-likeness (QED) is 0.353. The van der Waals surface area contributed by atoms with Crippen LogP contribution in [0.4, 0.5) is 0 Å². The molecule has 1 aliphatic carbocycles. The minimum absolute atomic E-state index is 0.0524. The van der Waals surface area contributed by atoms with Crippen molar-refractivity contribution < 1.29 is 0 Å². The Labute approximate surface area is 197 Å². The molecule has 4 rings (SSSR count). The first-order valence-corrected chi connectivity index (χ1v) is 12.5. The summed E-state index contributed by atoms with van der Waals surface area (Å²) in [5, 5.41) is 0. The third kappa shape index (κ3) is 4.45. The Bertz CT molecular complexity index is 1040. The number of rotatable bonds is 5. The second-order valence-electron chi connectivity index (χ2n) is 11.5. The van der Waals surface area contributed by atoms with E-state index in [1.807, 2.05) is 0 Å². The first kappa shape index (κ1) is 23.3. The molecule has 1 saturated heterocycles. The fourth-order valence-corrected chi connectivity index (χ4v) is 6.13. The molecule has 166 valence electrons. The van der Waals surface area contributed by atoms with Crippen LogP contribution in [0.25, 0.3) is 0 Å². The molecule has 1 atom stereocenters. The van der Waals surface area contributed by atoms with Gasteiger partial charge in [-0.2, -0.15) is 0 Å². The fraction of sp³-hybridized carbons (Fsp3) is 0.517. The van der Waals surface area contributed by atoms with Gasteiger partial charge in [0.15, 0.2) is 0 Å². The van der Waals surface area contributed by atoms with E-state index in [0.717, 1.165) is 18.5 Å². The Morgan fingerprint density at radius 2 is 1.78 bits per heavy atom. The Balaban J connectivity index is 1.45. The molecule has 1 fully saturated rings. The van der Waals surface area contributed by atoms with E-state index in [2.05, 4.69) is 91.3 Å². The van der Waals surface area contributed by atoms with Crippen molar-refractivity contribution in [2.75, 3.05) is 0 Å². The van der Waals surface area contributed by atoms with Crippen LogP contribution in [0, 0.1) is 12.3 Å². The summed E-state index contributed by atoms with van der Waals surface area (Å²) in [4.78, 5) is 5.15. The first-order chi connectivity index (χ1) is 15.1. The van der Waals surface area contributed by atoms with Gasteiger partial charge in [-0.05, 0) is 6.92 Å². The molecule has 1 nitrogen and oxygen atoms in total. The number of hydrogen-bond donors (Lipinski definition) is 0. The van der Waals surface area contributed by atoms with Crippen molar-refractivity contribution in [2.24, 2.45) is 10.4 Å². The number of aryl methyl sites for hydroxylation is 1. The summed E-state index contributed by atoms with van der Waals surface area (Å²) in [6.45, 7) is 21.3. The van der Waals surface area contributed by atoms with Crippen molar-refractivity contribution in [3.8, 4) is 0 Å². The molecule has 3 heteroatoms. The predicted molar refractivity (Wildman–Crippen MR) is 143 cm³/mol. The van der Waals surface area contributed by atoms with Gasteiger partial charge in [0.05, 0.1) is 0 Å². The molecule has 2 heterocycles. The summed E-state index contributed by atoms with van der Waals surface area (Å²) in [6.07, 6.45) is 7.05. The average molecular weight is 423 g/mol. The summed E-state index contributed by atoms with van der Waals surface area (Å²) in [6, 6.07) is 11.5. The van der Waals surface area contributed by atoms with Gasteiger partial charge in [-0.3, -0.25) is 0 Å². The average Bonchev–Trinajstić information content (AvgIpc) is 3.10. The minimum atomic E-state index is 0.0524. The van der Waals surface area contributed by atoms with Gasteiger partial charge in [-0.25, -0.2) is 0 Å². The van der Waals surface area contributed by atoms with Crippen LogP contribution in [0.5, 0.6) is 0 Å². The topological polar surface area (TPSA) is 12.4 Å². The van der Waals surface area contributed by atoms with Crippen LogP contribution in [0.2, 0.25) is 12.6 Å². The second kappa shape index (κ2) is 8.81. The van der Waals surface area contributed by atoms with E-state index in [0.29, 0.717) is 12.6 Å². The second-order valence-corrected chi connectivity index (χ2v) is 11.5. The van der Waals surface area contributed by atoms with Gasteiger partial charge >= 0.3 is 166 Å². The first-order valence-electron chi connectivity index (χ1n) is 12.5. The molecule has 0 N–H and O–H groups in total. The van der Waals surface area contributed by atoms with Gasteiger partial charge < -0.3 is 0 Å². The molecule has 0 saturated carbocycles. The maximum atomic E-state index is 5.15. The molecule has 1 aromatic heterocycles. The van der Waals surface area contributed by atoms with Crippen LogP contribution >= 0.6 is 0 Å². The normalized spacial score (nSPS) is 22.7. The number of allylic oxidation sites excluding steroid dienone is 1. The van der Waals surface area contributed by atoms with Crippen LogP contribution in [0.15, 0.2) is 53.6 Å². The fourth-order valence-electron chi connectivity index (χ4n) is 6.13. The zero-order valence-electron chi connectivity index (χ0n) is 21.1. The van der Waals surface area contributed by atoms with Crippen LogP contribution in [-0.4, -0.2) is 19.2 Å². The Morgan fingerprint density at radius 1 is 1.09 bits per heavy atom. The van der Waals surface area contributed by atoms with Crippen molar-refractivity contribution in [2.45, 2.75) is 91.2 Å². The van der Waals surface area contributed by atoms with Gasteiger partial charge in [0.2, 0.25) is 0 Å². The monoisotopic (exact) mass is 423 g/mol. The van der Waals surface area contributed by atoms with Crippen LogP contribution < -0.4 is 0 Å². The van der Waals surface area contributed by atoms with Gasteiger partial charge in [0, 0.05) is 0 Å². The molecule has 0 spiro atoms. The van der Waals surface area contributed by atoms with E-state index in [4.69, 9.17) is 4.99 Å². The van der Waals surface area contributed by atoms with Gasteiger partial charge in [-0.15, -0.1) is 0 Å². The molecular formula is C29H39B2N. The van der Waals surface area contributed by atoms with Crippen LogP contribution in [-0.2, 0) is 18.3 Å². The summed E-state index contributed by atoms with van der Waals surface area (Å²) in [5.74, 6) is 2.77. The van der Waals surface area contributed by atoms with Crippen molar-refractivity contribution in [3.05, 3.63) is 76.3 Å². The molecule has 1 aromatic carbocycles. The summed E-state index contributed by atoms with van der Waals surface area (Å²) in [7, 11) is 0. The Kier molecular flexibility index (Phi) is 6.40. The van der Waals surface area contributed by atoms with Gasteiger partial charge in [0.1, 0.15) is 0 Å². The molecule has 1 aliphatic heterocycles. The standard InChI is InChI=1S/C29H39B2N/c1-20(2)27-26(9-8-14-30-27)28(6)12-15-31(16-13-28)23(5)32-22(4)29(7)18-24-11-10-21(3)17-25(24)19-29/h8-11,14,17,20H,4,12-13,15-16,18-19H2,1-3,5-7H3. The summed E-state index contributed by atoms with van der Waals surface area (Å²) < 4.78 is 0.